The van der Waals surface area contributed by atoms with E-state index < -0.39 is 39.7 Å². The smallest absolute Gasteiger partial charge is 0.251 e. The first-order chi connectivity index (χ1) is 18.1. The summed E-state index contributed by atoms with van der Waals surface area (Å²) >= 11 is 0. The zero-order chi connectivity index (χ0) is 27.4. The van der Waals surface area contributed by atoms with Crippen LogP contribution in [0, 0.1) is 11.6 Å². The van der Waals surface area contributed by atoms with Crippen LogP contribution in [0.5, 0.6) is 0 Å². The Labute approximate surface area is 221 Å². The summed E-state index contributed by atoms with van der Waals surface area (Å²) in [6.45, 7) is 2.68. The lowest BCUT2D eigenvalue weighted by Gasteiger charge is -2.25. The minimum atomic E-state index is -3.47. The predicted molar refractivity (Wildman–Crippen MR) is 142 cm³/mol. The summed E-state index contributed by atoms with van der Waals surface area (Å²) in [5.74, 6) is -2.25. The third-order valence-electron chi connectivity index (χ3n) is 6.68. The van der Waals surface area contributed by atoms with Crippen molar-refractivity contribution >= 4 is 21.6 Å². The van der Waals surface area contributed by atoms with E-state index in [9.17, 15) is 27.1 Å². The molecule has 0 saturated carbocycles. The van der Waals surface area contributed by atoms with Gasteiger partial charge in [0.25, 0.3) is 5.91 Å². The number of anilines is 1. The Hall–Kier alpha value is -3.34. The molecule has 7 nitrogen and oxygen atoms in total. The van der Waals surface area contributed by atoms with Crippen LogP contribution in [0.3, 0.4) is 0 Å². The van der Waals surface area contributed by atoms with Crippen LogP contribution in [-0.2, 0) is 35.2 Å². The molecule has 0 saturated heterocycles. The van der Waals surface area contributed by atoms with Crippen molar-refractivity contribution in [3.05, 3.63) is 100 Å². The number of benzene rings is 3. The van der Waals surface area contributed by atoms with Gasteiger partial charge in [-0.1, -0.05) is 31.2 Å². The third kappa shape index (κ3) is 6.56. The molecule has 3 N–H and O–H groups in total. The van der Waals surface area contributed by atoms with Crippen LogP contribution in [0.4, 0.5) is 14.5 Å². The zero-order valence-electron chi connectivity index (χ0n) is 21.2. The quantitative estimate of drug-likeness (QED) is 0.365. The molecule has 0 spiro atoms. The van der Waals surface area contributed by atoms with Gasteiger partial charge in [0.1, 0.15) is 11.6 Å². The molecular weight excluding hydrogens is 512 g/mol. The number of aliphatic hydroxyl groups is 1. The van der Waals surface area contributed by atoms with Gasteiger partial charge in [-0.25, -0.2) is 17.2 Å². The van der Waals surface area contributed by atoms with Crippen LogP contribution in [0.25, 0.3) is 0 Å². The van der Waals surface area contributed by atoms with Gasteiger partial charge in [0.05, 0.1) is 23.6 Å². The number of rotatable bonds is 10. The number of nitrogens with zero attached hydrogens (tertiary/aromatic N) is 1. The van der Waals surface area contributed by atoms with E-state index in [-0.39, 0.29) is 29.8 Å². The average molecular weight is 544 g/mol. The molecule has 0 aliphatic carbocycles. The van der Waals surface area contributed by atoms with E-state index in [4.69, 9.17) is 0 Å². The molecular formula is C28H31F2N3O4S. The Morgan fingerprint density at radius 3 is 2.45 bits per heavy atom. The molecule has 2 atom stereocenters. The van der Waals surface area contributed by atoms with E-state index in [2.05, 4.69) is 23.6 Å². The average Bonchev–Trinajstić information content (AvgIpc) is 3.10. The number of nitrogens with one attached hydrogen (secondary N) is 2. The molecule has 1 aliphatic rings. The van der Waals surface area contributed by atoms with Crippen LogP contribution < -0.4 is 14.9 Å². The van der Waals surface area contributed by atoms with Gasteiger partial charge in [-0.05, 0) is 65.4 Å². The molecule has 38 heavy (non-hydrogen) atoms. The van der Waals surface area contributed by atoms with Crippen LogP contribution in [-0.4, -0.2) is 45.2 Å². The topological polar surface area (TPSA) is 98.7 Å². The van der Waals surface area contributed by atoms with Gasteiger partial charge in [0, 0.05) is 31.8 Å². The second-order valence-corrected chi connectivity index (χ2v) is 11.5. The second kappa shape index (κ2) is 11.6. The lowest BCUT2D eigenvalue weighted by atomic mass is 9.99. The maximum absolute atomic E-state index is 13.8. The highest BCUT2D eigenvalue weighted by Crippen LogP contribution is 2.32. The Kier molecular flexibility index (Phi) is 8.44. The van der Waals surface area contributed by atoms with E-state index in [1.54, 1.807) is 6.07 Å². The maximum atomic E-state index is 13.8. The summed E-state index contributed by atoms with van der Waals surface area (Å²) in [4.78, 5) is 13.1. The number of fused-ring (bicyclic) bond motifs is 1. The first kappa shape index (κ1) is 27.7. The van der Waals surface area contributed by atoms with Crippen molar-refractivity contribution in [1.29, 1.82) is 0 Å². The SMILES string of the molecule is CCc1cccc(CNC[C@@H](O)[C@H](Cc2cc(F)cc(F)c2)NC(=O)c2ccc3c(c2)CS(=O)(=O)N3C)c1. The molecule has 202 valence electrons. The van der Waals surface area contributed by atoms with E-state index in [0.29, 0.717) is 17.8 Å². The standard InChI is InChI=1S/C28H31F2N3O4S/c1-3-18-5-4-6-19(9-18)15-31-16-27(34)25(12-20-10-23(29)14-24(30)11-20)32-28(35)21-7-8-26-22(13-21)17-38(36,37)33(26)2/h4-11,13-14,25,27,31,34H,3,12,15-17H2,1-2H3,(H,32,35)/t25-,27+/m0/s1. The van der Waals surface area contributed by atoms with Gasteiger partial charge < -0.3 is 15.7 Å². The Morgan fingerprint density at radius 2 is 1.74 bits per heavy atom. The van der Waals surface area contributed by atoms with Crippen molar-refractivity contribution in [1.82, 2.24) is 10.6 Å². The molecule has 1 aliphatic heterocycles. The summed E-state index contributed by atoms with van der Waals surface area (Å²) in [6.07, 6.45) is -0.198. The number of amides is 1. The van der Waals surface area contributed by atoms with Gasteiger partial charge in [-0.2, -0.15) is 0 Å². The minimum absolute atomic E-state index is 0.0172. The van der Waals surface area contributed by atoms with Crippen molar-refractivity contribution in [3.8, 4) is 0 Å². The van der Waals surface area contributed by atoms with Crippen LogP contribution in [0.1, 0.15) is 39.5 Å². The van der Waals surface area contributed by atoms with Crippen LogP contribution in [0.2, 0.25) is 0 Å². The second-order valence-electron chi connectivity index (χ2n) is 9.50. The molecule has 3 aromatic rings. The first-order valence-corrected chi connectivity index (χ1v) is 14.0. The number of halogens is 2. The van der Waals surface area contributed by atoms with Crippen molar-refractivity contribution in [2.45, 2.75) is 44.2 Å². The molecule has 0 radical (unpaired) electrons. The van der Waals surface area contributed by atoms with Gasteiger partial charge >= 0.3 is 0 Å². The lowest BCUT2D eigenvalue weighted by Crippen LogP contribution is -2.48. The molecule has 4 rings (SSSR count). The Balaban J connectivity index is 1.49. The highest BCUT2D eigenvalue weighted by Gasteiger charge is 2.31. The van der Waals surface area contributed by atoms with Gasteiger partial charge in [-0.3, -0.25) is 9.10 Å². The molecule has 1 heterocycles. The highest BCUT2D eigenvalue weighted by molar-refractivity contribution is 7.92. The van der Waals surface area contributed by atoms with E-state index in [0.717, 1.165) is 30.2 Å². The number of hydrogen-bond acceptors (Lipinski definition) is 5. The number of aryl methyl sites for hydroxylation is 1. The van der Waals surface area contributed by atoms with Crippen molar-refractivity contribution < 1.29 is 27.1 Å². The molecule has 0 fully saturated rings. The molecule has 0 unspecified atom stereocenters. The minimum Gasteiger partial charge on any atom is -0.390 e. The van der Waals surface area contributed by atoms with E-state index >= 15 is 0 Å². The number of carbonyl (C=O) groups is 1. The number of carbonyl (C=O) groups excluding carboxylic acids is 1. The molecule has 0 bridgehead atoms. The zero-order valence-corrected chi connectivity index (χ0v) is 22.1. The Bertz CT molecular complexity index is 1410. The van der Waals surface area contributed by atoms with Gasteiger partial charge in [0.15, 0.2) is 0 Å². The van der Waals surface area contributed by atoms with E-state index in [1.807, 2.05) is 18.2 Å². The summed E-state index contributed by atoms with van der Waals surface area (Å²) in [6, 6.07) is 14.8. The fourth-order valence-corrected chi connectivity index (χ4v) is 5.87. The predicted octanol–water partition coefficient (Wildman–Crippen LogP) is 3.30. The highest BCUT2D eigenvalue weighted by atomic mass is 32.2. The monoisotopic (exact) mass is 543 g/mol. The van der Waals surface area contributed by atoms with Crippen molar-refractivity contribution in [3.63, 3.8) is 0 Å². The largest absolute Gasteiger partial charge is 0.390 e. The van der Waals surface area contributed by atoms with Gasteiger partial charge in [0.2, 0.25) is 10.0 Å². The Morgan fingerprint density at radius 1 is 1.03 bits per heavy atom. The van der Waals surface area contributed by atoms with Crippen LogP contribution >= 0.6 is 0 Å². The lowest BCUT2D eigenvalue weighted by molar-refractivity contribution is 0.0829. The van der Waals surface area contributed by atoms with Gasteiger partial charge in [-0.15, -0.1) is 0 Å². The van der Waals surface area contributed by atoms with Crippen molar-refractivity contribution in [2.75, 3.05) is 17.9 Å². The third-order valence-corrected chi connectivity index (χ3v) is 8.38. The molecule has 3 aromatic carbocycles. The summed E-state index contributed by atoms with van der Waals surface area (Å²) < 4.78 is 53.2. The van der Waals surface area contributed by atoms with E-state index in [1.165, 1.54) is 29.0 Å². The molecule has 10 heteroatoms. The van der Waals surface area contributed by atoms with Crippen molar-refractivity contribution in [2.24, 2.45) is 0 Å². The van der Waals surface area contributed by atoms with Crippen LogP contribution in [0.15, 0.2) is 60.7 Å². The first-order valence-electron chi connectivity index (χ1n) is 12.4. The summed E-state index contributed by atoms with van der Waals surface area (Å²) in [5.41, 5.74) is 3.74. The molecule has 1 amide bonds. The maximum Gasteiger partial charge on any atom is 0.251 e. The number of hydrogen-bond donors (Lipinski definition) is 3. The normalized spacial score (nSPS) is 15.7. The fourth-order valence-electron chi connectivity index (χ4n) is 4.58. The molecule has 0 aromatic heterocycles. The number of sulfonamides is 1. The number of aliphatic hydroxyl groups excluding tert-OH is 1. The summed E-state index contributed by atoms with van der Waals surface area (Å²) in [7, 11) is -2.01. The summed E-state index contributed by atoms with van der Waals surface area (Å²) in [5, 5.41) is 16.9. The fraction of sp³-hybridized carbons (Fsp3) is 0.321.